The number of hydrogen-bond acceptors (Lipinski definition) is 5. The minimum Gasteiger partial charge on any atom is -0.353 e. The second-order valence-corrected chi connectivity index (χ2v) is 6.89. The van der Waals surface area contributed by atoms with Crippen LogP contribution in [0.5, 0.6) is 0 Å². The van der Waals surface area contributed by atoms with E-state index in [1.165, 1.54) is 11.1 Å². The number of hydrogen-bond donors (Lipinski definition) is 1. The third-order valence-electron chi connectivity index (χ3n) is 5.03. The van der Waals surface area contributed by atoms with Gasteiger partial charge < -0.3 is 15.1 Å². The third-order valence-corrected chi connectivity index (χ3v) is 5.03. The third kappa shape index (κ3) is 3.80. The molecule has 0 radical (unpaired) electrons. The summed E-state index contributed by atoms with van der Waals surface area (Å²) in [6.07, 6.45) is 5.11. The van der Waals surface area contributed by atoms with E-state index in [-0.39, 0.29) is 6.03 Å². The summed E-state index contributed by atoms with van der Waals surface area (Å²) in [5.41, 5.74) is 3.21. The predicted molar refractivity (Wildman–Crippen MR) is 108 cm³/mol. The van der Waals surface area contributed by atoms with E-state index in [4.69, 9.17) is 0 Å². The first-order valence-corrected chi connectivity index (χ1v) is 9.30. The van der Waals surface area contributed by atoms with Gasteiger partial charge in [0.15, 0.2) is 5.82 Å². The van der Waals surface area contributed by atoms with E-state index in [0.29, 0.717) is 13.1 Å². The Kier molecular flexibility index (Phi) is 4.92. The first-order valence-electron chi connectivity index (χ1n) is 9.30. The summed E-state index contributed by atoms with van der Waals surface area (Å²) >= 11 is 0. The SMILES string of the molecule is Cc1ccc(NC(=O)N2CCN(c3cc(-n4cccn4)ncn3)CC2)cc1C. The number of nitrogens with zero attached hydrogens (tertiary/aromatic N) is 6. The Morgan fingerprint density at radius 3 is 2.50 bits per heavy atom. The molecule has 28 heavy (non-hydrogen) atoms. The smallest absolute Gasteiger partial charge is 0.321 e. The largest absolute Gasteiger partial charge is 0.353 e. The molecule has 8 heteroatoms. The van der Waals surface area contributed by atoms with E-state index in [1.807, 2.05) is 48.4 Å². The number of carbonyl (C=O) groups excluding carboxylic acids is 1. The highest BCUT2D eigenvalue weighted by atomic mass is 16.2. The summed E-state index contributed by atoms with van der Waals surface area (Å²) in [5.74, 6) is 1.57. The lowest BCUT2D eigenvalue weighted by Gasteiger charge is -2.35. The molecule has 8 nitrogen and oxygen atoms in total. The highest BCUT2D eigenvalue weighted by molar-refractivity contribution is 5.89. The van der Waals surface area contributed by atoms with Crippen molar-refractivity contribution in [1.29, 1.82) is 0 Å². The maximum absolute atomic E-state index is 12.6. The van der Waals surface area contributed by atoms with Crippen LogP contribution in [-0.2, 0) is 0 Å². The molecule has 1 aliphatic heterocycles. The van der Waals surface area contributed by atoms with Gasteiger partial charge in [0, 0.05) is 50.3 Å². The molecule has 4 rings (SSSR count). The van der Waals surface area contributed by atoms with Crippen molar-refractivity contribution in [2.24, 2.45) is 0 Å². The molecular formula is C20H23N7O. The zero-order valence-corrected chi connectivity index (χ0v) is 16.0. The number of amides is 2. The zero-order chi connectivity index (χ0) is 19.5. The van der Waals surface area contributed by atoms with E-state index in [9.17, 15) is 4.79 Å². The van der Waals surface area contributed by atoms with E-state index < -0.39 is 0 Å². The fourth-order valence-electron chi connectivity index (χ4n) is 3.20. The lowest BCUT2D eigenvalue weighted by molar-refractivity contribution is 0.208. The summed E-state index contributed by atoms with van der Waals surface area (Å²) < 4.78 is 1.71. The zero-order valence-electron chi connectivity index (χ0n) is 16.0. The number of carbonyl (C=O) groups is 1. The van der Waals surface area contributed by atoms with Crippen molar-refractivity contribution in [1.82, 2.24) is 24.6 Å². The molecule has 0 aliphatic carbocycles. The summed E-state index contributed by atoms with van der Waals surface area (Å²) in [4.78, 5) is 25.2. The van der Waals surface area contributed by atoms with Gasteiger partial charge in [-0.1, -0.05) is 6.07 Å². The first-order chi connectivity index (χ1) is 13.6. The van der Waals surface area contributed by atoms with Crippen molar-refractivity contribution in [3.8, 4) is 5.82 Å². The quantitative estimate of drug-likeness (QED) is 0.759. The van der Waals surface area contributed by atoms with Crippen LogP contribution < -0.4 is 10.2 Å². The molecule has 1 aromatic carbocycles. The van der Waals surface area contributed by atoms with Crippen molar-refractivity contribution in [2.45, 2.75) is 13.8 Å². The number of nitrogens with one attached hydrogen (secondary N) is 1. The topological polar surface area (TPSA) is 79.2 Å². The van der Waals surface area contributed by atoms with Crippen LogP contribution in [0, 0.1) is 13.8 Å². The number of aromatic nitrogens is 4. The highest BCUT2D eigenvalue weighted by Crippen LogP contribution is 2.18. The molecule has 0 unspecified atom stereocenters. The van der Waals surface area contributed by atoms with Crippen LogP contribution in [0.25, 0.3) is 5.82 Å². The molecule has 3 aromatic rings. The molecule has 0 bridgehead atoms. The van der Waals surface area contributed by atoms with E-state index in [2.05, 4.69) is 32.2 Å². The average Bonchev–Trinajstić information content (AvgIpc) is 3.26. The minimum absolute atomic E-state index is 0.0668. The number of piperazine rings is 1. The molecule has 3 heterocycles. The first kappa shape index (κ1) is 18.0. The Balaban J connectivity index is 1.37. The number of aryl methyl sites for hydroxylation is 2. The fourth-order valence-corrected chi connectivity index (χ4v) is 3.20. The van der Waals surface area contributed by atoms with Crippen LogP contribution in [0.15, 0.2) is 49.1 Å². The molecule has 1 saturated heterocycles. The molecule has 0 saturated carbocycles. The maximum Gasteiger partial charge on any atom is 0.321 e. The van der Waals surface area contributed by atoms with E-state index in [1.54, 1.807) is 17.2 Å². The van der Waals surface area contributed by atoms with Crippen molar-refractivity contribution in [3.63, 3.8) is 0 Å². The average molecular weight is 377 g/mol. The van der Waals surface area contributed by atoms with Gasteiger partial charge in [0.25, 0.3) is 0 Å². The molecule has 2 aromatic heterocycles. The summed E-state index contributed by atoms with van der Waals surface area (Å²) in [6, 6.07) is 9.67. The van der Waals surface area contributed by atoms with Crippen molar-refractivity contribution < 1.29 is 4.79 Å². The van der Waals surface area contributed by atoms with E-state index >= 15 is 0 Å². The maximum atomic E-state index is 12.6. The standard InChI is InChI=1S/C20H23N7O/c1-15-4-5-17(12-16(15)2)24-20(28)26-10-8-25(9-11-26)18-13-19(22-14-21-18)27-7-3-6-23-27/h3-7,12-14H,8-11H2,1-2H3,(H,24,28). The molecule has 0 atom stereocenters. The number of rotatable bonds is 3. The van der Waals surface area contributed by atoms with Gasteiger partial charge in [-0.15, -0.1) is 0 Å². The second kappa shape index (κ2) is 7.67. The van der Waals surface area contributed by atoms with Crippen molar-refractivity contribution in [2.75, 3.05) is 36.4 Å². The monoisotopic (exact) mass is 377 g/mol. The van der Waals surface area contributed by atoms with Gasteiger partial charge in [-0.05, 0) is 43.2 Å². The lowest BCUT2D eigenvalue weighted by atomic mass is 10.1. The minimum atomic E-state index is -0.0668. The number of benzene rings is 1. The van der Waals surface area contributed by atoms with Gasteiger partial charge in [-0.2, -0.15) is 5.10 Å². The van der Waals surface area contributed by atoms with Crippen LogP contribution in [0.3, 0.4) is 0 Å². The number of urea groups is 1. The lowest BCUT2D eigenvalue weighted by Crippen LogP contribution is -2.50. The summed E-state index contributed by atoms with van der Waals surface area (Å²) in [5, 5.41) is 7.20. The molecule has 2 amide bonds. The van der Waals surface area contributed by atoms with Gasteiger partial charge in [0.05, 0.1) is 0 Å². The van der Waals surface area contributed by atoms with Gasteiger partial charge in [0.1, 0.15) is 12.1 Å². The van der Waals surface area contributed by atoms with Gasteiger partial charge in [-0.3, -0.25) is 0 Å². The molecule has 1 fully saturated rings. The molecular weight excluding hydrogens is 354 g/mol. The Labute approximate surface area is 163 Å². The molecule has 1 N–H and O–H groups in total. The number of anilines is 2. The van der Waals surface area contributed by atoms with Crippen LogP contribution in [0.1, 0.15) is 11.1 Å². The van der Waals surface area contributed by atoms with Gasteiger partial charge in [-0.25, -0.2) is 19.4 Å². The second-order valence-electron chi connectivity index (χ2n) is 6.89. The Morgan fingerprint density at radius 2 is 1.79 bits per heavy atom. The van der Waals surface area contributed by atoms with Crippen LogP contribution in [0.2, 0.25) is 0 Å². The van der Waals surface area contributed by atoms with Crippen LogP contribution in [0.4, 0.5) is 16.3 Å². The molecule has 144 valence electrons. The normalized spacial score (nSPS) is 14.2. The van der Waals surface area contributed by atoms with Gasteiger partial charge in [0.2, 0.25) is 0 Å². The molecule has 1 aliphatic rings. The molecule has 0 spiro atoms. The Bertz CT molecular complexity index is 962. The van der Waals surface area contributed by atoms with E-state index in [0.717, 1.165) is 30.4 Å². The summed E-state index contributed by atoms with van der Waals surface area (Å²) in [7, 11) is 0. The van der Waals surface area contributed by atoms with Crippen molar-refractivity contribution >= 4 is 17.5 Å². The summed E-state index contributed by atoms with van der Waals surface area (Å²) in [6.45, 7) is 6.81. The van der Waals surface area contributed by atoms with Crippen molar-refractivity contribution in [3.05, 3.63) is 60.2 Å². The highest BCUT2D eigenvalue weighted by Gasteiger charge is 2.22. The van der Waals surface area contributed by atoms with Gasteiger partial charge >= 0.3 is 6.03 Å². The Morgan fingerprint density at radius 1 is 1.00 bits per heavy atom. The predicted octanol–water partition coefficient (Wildman–Crippen LogP) is 2.63. The van der Waals surface area contributed by atoms with Crippen LogP contribution in [-0.4, -0.2) is 56.9 Å². The fraction of sp³-hybridized carbons (Fsp3) is 0.300. The Hall–Kier alpha value is -3.42. The van der Waals surface area contributed by atoms with Crippen LogP contribution >= 0.6 is 0 Å².